The Kier molecular flexibility index (Phi) is 4.30. The summed E-state index contributed by atoms with van der Waals surface area (Å²) in [5.74, 6) is -6.49. The molecule has 7 heteroatoms. The third kappa shape index (κ3) is 2.99. The molecule has 0 unspecified atom stereocenters. The maximum absolute atomic E-state index is 13.2. The zero-order valence-electron chi connectivity index (χ0n) is 9.34. The largest absolute Gasteiger partial charge is 0.480 e. The van der Waals surface area contributed by atoms with Crippen LogP contribution in [0.4, 0.5) is 13.2 Å². The second-order valence-corrected chi connectivity index (χ2v) is 3.52. The molecule has 0 aromatic heterocycles. The Balaban J connectivity index is 3.01. The van der Waals surface area contributed by atoms with Gasteiger partial charge in [0, 0.05) is 12.1 Å². The smallest absolute Gasteiger partial charge is 0.326 e. The van der Waals surface area contributed by atoms with E-state index in [1.807, 2.05) is 5.32 Å². The molecule has 0 aliphatic heterocycles. The van der Waals surface area contributed by atoms with E-state index in [0.29, 0.717) is 12.1 Å². The fraction of sp³-hybridized carbons (Fsp3) is 0.273. The normalized spacial score (nSPS) is 12.0. The number of carbonyl (C=O) groups is 2. The molecule has 0 spiro atoms. The number of carbonyl (C=O) groups excluding carboxylic acids is 1. The van der Waals surface area contributed by atoms with Gasteiger partial charge in [0.25, 0.3) is 5.91 Å². The predicted molar refractivity (Wildman–Crippen MR) is 55.5 cm³/mol. The van der Waals surface area contributed by atoms with Crippen LogP contribution in [0.3, 0.4) is 0 Å². The minimum atomic E-state index is -1.38. The van der Waals surface area contributed by atoms with Crippen molar-refractivity contribution in [1.82, 2.24) is 5.32 Å². The van der Waals surface area contributed by atoms with E-state index in [-0.39, 0.29) is 6.42 Å². The Morgan fingerprint density at radius 2 is 1.78 bits per heavy atom. The highest BCUT2D eigenvalue weighted by Crippen LogP contribution is 2.14. The van der Waals surface area contributed by atoms with Gasteiger partial charge in [-0.05, 0) is 6.42 Å². The summed E-state index contributed by atoms with van der Waals surface area (Å²) in [4.78, 5) is 22.2. The first-order valence-corrected chi connectivity index (χ1v) is 5.05. The SMILES string of the molecule is CC[C@H](NC(=O)c1c(F)cc(F)cc1F)C(=O)O. The van der Waals surface area contributed by atoms with Gasteiger partial charge in [-0.15, -0.1) is 0 Å². The van der Waals surface area contributed by atoms with Crippen molar-refractivity contribution >= 4 is 11.9 Å². The fourth-order valence-corrected chi connectivity index (χ4v) is 1.33. The van der Waals surface area contributed by atoms with Crippen LogP contribution in [0.2, 0.25) is 0 Å². The van der Waals surface area contributed by atoms with Crippen LogP contribution in [-0.4, -0.2) is 23.0 Å². The molecule has 0 heterocycles. The molecule has 98 valence electrons. The summed E-state index contributed by atoms with van der Waals surface area (Å²) in [5, 5.41) is 10.6. The average molecular weight is 261 g/mol. The molecule has 18 heavy (non-hydrogen) atoms. The van der Waals surface area contributed by atoms with Gasteiger partial charge >= 0.3 is 5.97 Å². The number of rotatable bonds is 4. The van der Waals surface area contributed by atoms with Crippen molar-refractivity contribution in [2.24, 2.45) is 0 Å². The molecule has 0 saturated heterocycles. The molecule has 1 amide bonds. The lowest BCUT2D eigenvalue weighted by Gasteiger charge is -2.13. The predicted octanol–water partition coefficient (Wildman–Crippen LogP) is 1.70. The summed E-state index contributed by atoms with van der Waals surface area (Å²) in [6, 6.07) is -0.569. The number of aliphatic carboxylic acids is 1. The van der Waals surface area contributed by atoms with E-state index >= 15 is 0 Å². The second kappa shape index (κ2) is 5.52. The van der Waals surface area contributed by atoms with Crippen molar-refractivity contribution in [1.29, 1.82) is 0 Å². The second-order valence-electron chi connectivity index (χ2n) is 3.52. The van der Waals surface area contributed by atoms with Crippen molar-refractivity contribution in [2.45, 2.75) is 19.4 Å². The van der Waals surface area contributed by atoms with Crippen molar-refractivity contribution in [3.05, 3.63) is 35.1 Å². The summed E-state index contributed by atoms with van der Waals surface area (Å²) in [6.45, 7) is 1.48. The Bertz CT molecular complexity index is 467. The minimum Gasteiger partial charge on any atom is -0.480 e. The van der Waals surface area contributed by atoms with E-state index in [0.717, 1.165) is 0 Å². The Hall–Kier alpha value is -2.05. The van der Waals surface area contributed by atoms with Crippen LogP contribution in [0.25, 0.3) is 0 Å². The van der Waals surface area contributed by atoms with Crippen LogP contribution in [0, 0.1) is 17.5 Å². The van der Waals surface area contributed by atoms with Gasteiger partial charge in [0.15, 0.2) is 0 Å². The average Bonchev–Trinajstić information content (AvgIpc) is 2.23. The van der Waals surface area contributed by atoms with Crippen LogP contribution in [0.5, 0.6) is 0 Å². The molecule has 0 fully saturated rings. The number of hydrogen-bond acceptors (Lipinski definition) is 2. The highest BCUT2D eigenvalue weighted by atomic mass is 19.1. The summed E-state index contributed by atoms with van der Waals surface area (Å²) in [7, 11) is 0. The number of nitrogens with one attached hydrogen (secondary N) is 1. The molecule has 2 N–H and O–H groups in total. The lowest BCUT2D eigenvalue weighted by Crippen LogP contribution is -2.40. The molecule has 0 radical (unpaired) electrons. The summed E-state index contributed by atoms with van der Waals surface area (Å²) < 4.78 is 39.1. The van der Waals surface area contributed by atoms with Crippen molar-refractivity contribution in [3.63, 3.8) is 0 Å². The van der Waals surface area contributed by atoms with Crippen LogP contribution in [-0.2, 0) is 4.79 Å². The Morgan fingerprint density at radius 3 is 2.17 bits per heavy atom. The highest BCUT2D eigenvalue weighted by molar-refractivity contribution is 5.97. The monoisotopic (exact) mass is 261 g/mol. The standard InChI is InChI=1S/C11H10F3NO3/c1-2-8(11(17)18)15-10(16)9-6(13)3-5(12)4-7(9)14/h3-4,8H,2H2,1H3,(H,15,16)(H,17,18)/t8-/m0/s1. The van der Waals surface area contributed by atoms with E-state index < -0.39 is 40.9 Å². The van der Waals surface area contributed by atoms with Crippen LogP contribution < -0.4 is 5.32 Å². The minimum absolute atomic E-state index is 0.0471. The third-order valence-electron chi connectivity index (χ3n) is 2.25. The van der Waals surface area contributed by atoms with Gasteiger partial charge in [0.1, 0.15) is 29.1 Å². The quantitative estimate of drug-likeness (QED) is 0.866. The van der Waals surface area contributed by atoms with E-state index in [1.54, 1.807) is 0 Å². The first-order valence-electron chi connectivity index (χ1n) is 5.05. The molecule has 4 nitrogen and oxygen atoms in total. The van der Waals surface area contributed by atoms with Gasteiger partial charge in [-0.2, -0.15) is 0 Å². The van der Waals surface area contributed by atoms with E-state index in [2.05, 4.69) is 0 Å². The number of carboxylic acids is 1. The molecular weight excluding hydrogens is 251 g/mol. The highest BCUT2D eigenvalue weighted by Gasteiger charge is 2.23. The maximum Gasteiger partial charge on any atom is 0.326 e. The van der Waals surface area contributed by atoms with E-state index in [4.69, 9.17) is 5.11 Å². The fourth-order valence-electron chi connectivity index (χ4n) is 1.33. The first-order chi connectivity index (χ1) is 8.36. The molecule has 1 rings (SSSR count). The third-order valence-corrected chi connectivity index (χ3v) is 2.25. The number of amides is 1. The molecule has 0 aliphatic rings. The van der Waals surface area contributed by atoms with Crippen LogP contribution in [0.15, 0.2) is 12.1 Å². The van der Waals surface area contributed by atoms with Crippen molar-refractivity contribution in [3.8, 4) is 0 Å². The zero-order valence-corrected chi connectivity index (χ0v) is 9.34. The van der Waals surface area contributed by atoms with E-state index in [9.17, 15) is 22.8 Å². The first kappa shape index (κ1) is 14.0. The summed E-state index contributed by atoms with van der Waals surface area (Å²) in [6.07, 6.45) is 0.0471. The molecular formula is C11H10F3NO3. The lowest BCUT2D eigenvalue weighted by molar-refractivity contribution is -0.139. The van der Waals surface area contributed by atoms with Gasteiger partial charge in [-0.3, -0.25) is 4.79 Å². The molecule has 1 aromatic rings. The summed E-state index contributed by atoms with van der Waals surface area (Å²) in [5.41, 5.74) is -1.00. The molecule has 0 saturated carbocycles. The van der Waals surface area contributed by atoms with Gasteiger partial charge in [-0.25, -0.2) is 18.0 Å². The van der Waals surface area contributed by atoms with Gasteiger partial charge in [0.05, 0.1) is 0 Å². The summed E-state index contributed by atoms with van der Waals surface area (Å²) >= 11 is 0. The lowest BCUT2D eigenvalue weighted by atomic mass is 10.1. The molecule has 0 aliphatic carbocycles. The maximum atomic E-state index is 13.2. The molecule has 1 aromatic carbocycles. The number of benzene rings is 1. The van der Waals surface area contributed by atoms with Crippen molar-refractivity contribution < 1.29 is 27.9 Å². The van der Waals surface area contributed by atoms with Crippen molar-refractivity contribution in [2.75, 3.05) is 0 Å². The topological polar surface area (TPSA) is 66.4 Å². The zero-order chi connectivity index (χ0) is 13.9. The number of carboxylic acid groups (broad SMARTS) is 1. The van der Waals surface area contributed by atoms with E-state index in [1.165, 1.54) is 6.92 Å². The van der Waals surface area contributed by atoms with Crippen LogP contribution >= 0.6 is 0 Å². The van der Waals surface area contributed by atoms with Gasteiger partial charge in [0.2, 0.25) is 0 Å². The Morgan fingerprint density at radius 1 is 1.28 bits per heavy atom. The van der Waals surface area contributed by atoms with Crippen LogP contribution in [0.1, 0.15) is 23.7 Å². The number of halogens is 3. The van der Waals surface area contributed by atoms with Gasteiger partial charge in [-0.1, -0.05) is 6.92 Å². The molecule has 1 atom stereocenters. The Labute approximate surface area is 100 Å². The number of hydrogen-bond donors (Lipinski definition) is 2. The molecule has 0 bridgehead atoms. The van der Waals surface area contributed by atoms with Gasteiger partial charge < -0.3 is 10.4 Å².